The van der Waals surface area contributed by atoms with E-state index < -0.39 is 29.4 Å². The summed E-state index contributed by atoms with van der Waals surface area (Å²) < 4.78 is 28.6. The number of hydrogen-bond acceptors (Lipinski definition) is 6. The number of nitrogens with zero attached hydrogens (tertiary/aromatic N) is 3. The van der Waals surface area contributed by atoms with Crippen molar-refractivity contribution < 1.29 is 28.6 Å². The van der Waals surface area contributed by atoms with E-state index in [9.17, 15) is 14.7 Å². The van der Waals surface area contributed by atoms with E-state index in [1.165, 1.54) is 10.6 Å². The van der Waals surface area contributed by atoms with Gasteiger partial charge in [-0.2, -0.15) is 5.10 Å². The fourth-order valence-electron chi connectivity index (χ4n) is 5.38. The molecule has 2 aromatic heterocycles. The molecule has 2 N–H and O–H groups in total. The maximum Gasteiger partial charge on any atom is 0.337 e. The first kappa shape index (κ1) is 29.2. The van der Waals surface area contributed by atoms with Crippen molar-refractivity contribution in [3.8, 4) is 17.0 Å². The average molecular weight is 575 g/mol. The summed E-state index contributed by atoms with van der Waals surface area (Å²) in [6.07, 6.45) is -0.0954. The fraction of sp³-hybridized carbons (Fsp3) is 0.375. The van der Waals surface area contributed by atoms with Gasteiger partial charge in [0.15, 0.2) is 29.0 Å². The molecule has 2 aromatic carbocycles. The van der Waals surface area contributed by atoms with Crippen LogP contribution in [0.15, 0.2) is 36.4 Å². The van der Waals surface area contributed by atoms with Crippen LogP contribution in [0.3, 0.4) is 0 Å². The van der Waals surface area contributed by atoms with Crippen LogP contribution in [0.4, 0.5) is 4.39 Å². The van der Waals surface area contributed by atoms with Gasteiger partial charge in [0.25, 0.3) is 5.91 Å². The normalized spacial score (nSPS) is 13.9. The number of aliphatic carboxylic acids is 1. The monoisotopic (exact) mass is 574 g/mol. The summed E-state index contributed by atoms with van der Waals surface area (Å²) in [6.45, 7) is 11.5. The third-order valence-electron chi connectivity index (χ3n) is 7.41. The van der Waals surface area contributed by atoms with Crippen molar-refractivity contribution in [1.82, 2.24) is 19.9 Å². The summed E-state index contributed by atoms with van der Waals surface area (Å²) in [7, 11) is 0. The van der Waals surface area contributed by atoms with E-state index in [1.54, 1.807) is 33.8 Å². The van der Waals surface area contributed by atoms with E-state index in [0.717, 1.165) is 28.7 Å². The fourth-order valence-corrected chi connectivity index (χ4v) is 5.38. The number of ether oxygens (including phenoxy) is 2. The molecule has 0 saturated heterocycles. The Hall–Kier alpha value is -4.31. The highest BCUT2D eigenvalue weighted by atomic mass is 19.1. The molecule has 1 aliphatic rings. The van der Waals surface area contributed by atoms with Crippen molar-refractivity contribution in [2.24, 2.45) is 0 Å². The van der Waals surface area contributed by atoms with Gasteiger partial charge in [-0.05, 0) is 77.1 Å². The second-order valence-electron chi connectivity index (χ2n) is 11.6. The van der Waals surface area contributed by atoms with E-state index in [0.29, 0.717) is 42.2 Å². The number of rotatable bonds is 7. The number of carboxylic acids is 1. The lowest BCUT2D eigenvalue weighted by molar-refractivity contribution is -0.160. The molecule has 3 heterocycles. The van der Waals surface area contributed by atoms with E-state index in [4.69, 9.17) is 9.47 Å². The minimum atomic E-state index is -1.44. The second kappa shape index (κ2) is 11.2. The highest BCUT2D eigenvalue weighted by molar-refractivity contribution is 5.93. The van der Waals surface area contributed by atoms with Gasteiger partial charge in [0.1, 0.15) is 0 Å². The number of fused-ring (bicyclic) bond motifs is 2. The lowest BCUT2D eigenvalue weighted by Gasteiger charge is -2.28. The Morgan fingerprint density at radius 2 is 1.93 bits per heavy atom. The quantitative estimate of drug-likeness (QED) is 0.293. The standard InChI is InChI=1S/C32H35FN4O5/c1-17-10-7-8-11-20(17)16-34-30(38)24-15-25-35-19(3)26(29(31(39)40)42-32(4,5)6)27(37(25)36-24)22-14-23(33)28-21(18(22)2)12-9-13-41-28/h7-8,10-11,14-15,29H,9,12-13,16H2,1-6H3,(H,34,38)(H,39,40). The lowest BCUT2D eigenvalue weighted by Crippen LogP contribution is -2.29. The molecule has 42 heavy (non-hydrogen) atoms. The van der Waals surface area contributed by atoms with Gasteiger partial charge in [0.05, 0.1) is 17.9 Å². The van der Waals surface area contributed by atoms with Crippen LogP contribution in [0.5, 0.6) is 5.75 Å². The molecule has 10 heteroatoms. The molecule has 0 spiro atoms. The van der Waals surface area contributed by atoms with Crippen molar-refractivity contribution >= 4 is 17.5 Å². The molecular weight excluding hydrogens is 539 g/mol. The van der Waals surface area contributed by atoms with Crippen LogP contribution in [0.25, 0.3) is 16.9 Å². The van der Waals surface area contributed by atoms with E-state index >= 15 is 4.39 Å². The summed E-state index contributed by atoms with van der Waals surface area (Å²) in [6, 6.07) is 10.6. The number of hydrogen-bond donors (Lipinski definition) is 2. The third kappa shape index (κ3) is 5.59. The summed E-state index contributed by atoms with van der Waals surface area (Å²) in [5.74, 6) is -1.98. The summed E-state index contributed by atoms with van der Waals surface area (Å²) in [4.78, 5) is 30.5. The van der Waals surface area contributed by atoms with Gasteiger partial charge in [-0.25, -0.2) is 18.7 Å². The predicted octanol–water partition coefficient (Wildman–Crippen LogP) is 5.66. The highest BCUT2D eigenvalue weighted by Crippen LogP contribution is 2.41. The Morgan fingerprint density at radius 3 is 2.62 bits per heavy atom. The number of carbonyl (C=O) groups excluding carboxylic acids is 1. The number of aromatic nitrogens is 3. The maximum absolute atomic E-state index is 15.5. The number of aryl methyl sites for hydroxylation is 2. The van der Waals surface area contributed by atoms with Crippen LogP contribution in [-0.4, -0.2) is 43.8 Å². The molecule has 1 aliphatic heterocycles. The number of halogens is 1. The number of nitrogens with one attached hydrogen (secondary N) is 1. The Morgan fingerprint density at radius 1 is 1.19 bits per heavy atom. The van der Waals surface area contributed by atoms with Crippen LogP contribution in [-0.2, 0) is 22.5 Å². The van der Waals surface area contributed by atoms with Crippen LogP contribution < -0.4 is 10.1 Å². The Kier molecular flexibility index (Phi) is 7.76. The minimum absolute atomic E-state index is 0.0944. The molecule has 0 radical (unpaired) electrons. The van der Waals surface area contributed by atoms with Gasteiger partial charge in [0, 0.05) is 35.0 Å². The molecule has 220 valence electrons. The minimum Gasteiger partial charge on any atom is -0.490 e. The van der Waals surface area contributed by atoms with Crippen LogP contribution in [0, 0.1) is 26.6 Å². The number of amides is 1. The Balaban J connectivity index is 1.71. The van der Waals surface area contributed by atoms with Crippen molar-refractivity contribution in [2.75, 3.05) is 6.61 Å². The van der Waals surface area contributed by atoms with Gasteiger partial charge in [-0.15, -0.1) is 0 Å². The van der Waals surface area contributed by atoms with Gasteiger partial charge in [-0.3, -0.25) is 4.79 Å². The number of carboxylic acid groups (broad SMARTS) is 1. The summed E-state index contributed by atoms with van der Waals surface area (Å²) in [5, 5.41) is 17.8. The first-order valence-electron chi connectivity index (χ1n) is 13.9. The van der Waals surface area contributed by atoms with Gasteiger partial charge < -0.3 is 19.9 Å². The molecule has 9 nitrogen and oxygen atoms in total. The SMILES string of the molecule is Cc1ccccc1CNC(=O)c1cc2nc(C)c(C(OC(C)(C)C)C(=O)O)c(-c3cc(F)c4c(c3C)CCCO4)n2n1. The van der Waals surface area contributed by atoms with Crippen LogP contribution >= 0.6 is 0 Å². The molecule has 0 saturated carbocycles. The zero-order valence-corrected chi connectivity index (χ0v) is 24.7. The topological polar surface area (TPSA) is 115 Å². The molecule has 0 bridgehead atoms. The molecular formula is C32H35FN4O5. The lowest BCUT2D eigenvalue weighted by atomic mass is 9.91. The van der Waals surface area contributed by atoms with E-state index in [2.05, 4.69) is 15.4 Å². The number of carbonyl (C=O) groups is 2. The van der Waals surface area contributed by atoms with Crippen LogP contribution in [0.2, 0.25) is 0 Å². The molecule has 0 fully saturated rings. The average Bonchev–Trinajstić information content (AvgIpc) is 3.36. The smallest absolute Gasteiger partial charge is 0.337 e. The molecule has 1 unspecified atom stereocenters. The van der Waals surface area contributed by atoms with Gasteiger partial charge >= 0.3 is 5.97 Å². The Bertz CT molecular complexity index is 1710. The van der Waals surface area contributed by atoms with Gasteiger partial charge in [0.2, 0.25) is 0 Å². The molecule has 1 amide bonds. The number of benzene rings is 2. The zero-order valence-electron chi connectivity index (χ0n) is 24.7. The summed E-state index contributed by atoms with van der Waals surface area (Å²) in [5.41, 5.74) is 4.40. The van der Waals surface area contributed by atoms with E-state index in [-0.39, 0.29) is 17.0 Å². The first-order valence-corrected chi connectivity index (χ1v) is 13.9. The van der Waals surface area contributed by atoms with Crippen molar-refractivity contribution in [3.63, 3.8) is 0 Å². The Labute approximate surface area is 243 Å². The molecule has 4 aromatic rings. The van der Waals surface area contributed by atoms with E-state index in [1.807, 2.05) is 38.1 Å². The van der Waals surface area contributed by atoms with Crippen molar-refractivity contribution in [3.05, 3.63) is 81.4 Å². The van der Waals surface area contributed by atoms with Crippen molar-refractivity contribution in [2.45, 2.75) is 72.6 Å². The zero-order chi connectivity index (χ0) is 30.3. The second-order valence-corrected chi connectivity index (χ2v) is 11.6. The largest absolute Gasteiger partial charge is 0.490 e. The van der Waals surface area contributed by atoms with Crippen LogP contribution in [0.1, 0.15) is 77.3 Å². The highest BCUT2D eigenvalue weighted by Gasteiger charge is 2.35. The summed E-state index contributed by atoms with van der Waals surface area (Å²) >= 11 is 0. The molecule has 1 atom stereocenters. The first-order chi connectivity index (χ1) is 19.9. The third-order valence-corrected chi connectivity index (χ3v) is 7.41. The van der Waals surface area contributed by atoms with Crippen molar-refractivity contribution in [1.29, 1.82) is 0 Å². The maximum atomic E-state index is 15.5. The molecule has 0 aliphatic carbocycles. The molecule has 5 rings (SSSR count). The van der Waals surface area contributed by atoms with Gasteiger partial charge in [-0.1, -0.05) is 24.3 Å². The predicted molar refractivity (Wildman–Crippen MR) is 155 cm³/mol.